The van der Waals surface area contributed by atoms with Crippen molar-refractivity contribution in [3.63, 3.8) is 0 Å². The van der Waals surface area contributed by atoms with E-state index in [1.165, 1.54) is 24.8 Å². The molecule has 1 aliphatic rings. The third kappa shape index (κ3) is 3.66. The van der Waals surface area contributed by atoms with Crippen molar-refractivity contribution < 1.29 is 4.79 Å². The molecule has 0 radical (unpaired) electrons. The van der Waals surface area contributed by atoms with Crippen molar-refractivity contribution in [2.45, 2.75) is 56.9 Å². The monoisotopic (exact) mass is 265 g/mol. The maximum atomic E-state index is 12.1. The second-order valence-corrected chi connectivity index (χ2v) is 6.22. The van der Waals surface area contributed by atoms with E-state index >= 15 is 0 Å². The highest BCUT2D eigenvalue weighted by molar-refractivity contribution is 7.07. The third-order valence-electron chi connectivity index (χ3n) is 4.15. The van der Waals surface area contributed by atoms with Crippen LogP contribution in [0.5, 0.6) is 0 Å². The van der Waals surface area contributed by atoms with E-state index in [-0.39, 0.29) is 5.54 Å². The first-order valence-electron chi connectivity index (χ1n) is 6.96. The van der Waals surface area contributed by atoms with Gasteiger partial charge >= 0.3 is 0 Å². The van der Waals surface area contributed by atoms with E-state index in [1.807, 2.05) is 7.05 Å². The van der Waals surface area contributed by atoms with Crippen molar-refractivity contribution in [1.82, 2.24) is 5.32 Å². The average Bonchev–Trinajstić information content (AvgIpc) is 2.91. The van der Waals surface area contributed by atoms with Crippen LogP contribution in [0.15, 0.2) is 16.8 Å². The number of Topliss-reactive ketones (excluding diaryl/α,β-unsaturated/α-hetero) is 1. The minimum absolute atomic E-state index is 0.101. The molecule has 0 bridgehead atoms. The Morgan fingerprint density at radius 1 is 1.39 bits per heavy atom. The van der Waals surface area contributed by atoms with Crippen molar-refractivity contribution in [2.24, 2.45) is 0 Å². The van der Waals surface area contributed by atoms with Crippen LogP contribution in [0.3, 0.4) is 0 Å². The van der Waals surface area contributed by atoms with Crippen LogP contribution in [-0.2, 0) is 11.2 Å². The van der Waals surface area contributed by atoms with Crippen molar-refractivity contribution >= 4 is 17.1 Å². The van der Waals surface area contributed by atoms with Gasteiger partial charge in [0.15, 0.2) is 0 Å². The van der Waals surface area contributed by atoms with Gasteiger partial charge in [-0.3, -0.25) is 4.79 Å². The summed E-state index contributed by atoms with van der Waals surface area (Å²) in [6.07, 6.45) is 8.49. The quantitative estimate of drug-likeness (QED) is 0.852. The van der Waals surface area contributed by atoms with Gasteiger partial charge in [0, 0.05) is 18.4 Å². The smallest absolute Gasteiger partial charge is 0.135 e. The molecule has 1 aromatic heterocycles. The Balaban J connectivity index is 1.81. The molecule has 1 aliphatic carbocycles. The molecular weight excluding hydrogens is 242 g/mol. The number of carbonyl (C=O) groups is 1. The summed E-state index contributed by atoms with van der Waals surface area (Å²) in [7, 11) is 2.01. The van der Waals surface area contributed by atoms with Crippen LogP contribution in [0.25, 0.3) is 0 Å². The highest BCUT2D eigenvalue weighted by Gasteiger charge is 2.32. The fourth-order valence-corrected chi connectivity index (χ4v) is 3.63. The predicted molar refractivity (Wildman–Crippen MR) is 77.1 cm³/mol. The molecule has 1 saturated carbocycles. The van der Waals surface area contributed by atoms with Gasteiger partial charge in [0.25, 0.3) is 0 Å². The fraction of sp³-hybridized carbons (Fsp3) is 0.667. The molecule has 1 N–H and O–H groups in total. The SMILES string of the molecule is CNC1(CC(=O)CCc2ccsc2)CCCCC1. The van der Waals surface area contributed by atoms with Crippen LogP contribution < -0.4 is 5.32 Å². The molecular formula is C15H23NOS. The van der Waals surface area contributed by atoms with Gasteiger partial charge in [0.1, 0.15) is 5.78 Å². The van der Waals surface area contributed by atoms with E-state index in [4.69, 9.17) is 0 Å². The molecule has 0 aliphatic heterocycles. The van der Waals surface area contributed by atoms with Gasteiger partial charge < -0.3 is 5.32 Å². The zero-order chi connectivity index (χ0) is 12.8. The number of nitrogens with one attached hydrogen (secondary N) is 1. The minimum atomic E-state index is 0.101. The second-order valence-electron chi connectivity index (χ2n) is 5.44. The van der Waals surface area contributed by atoms with Gasteiger partial charge in [-0.05, 0) is 48.7 Å². The largest absolute Gasteiger partial charge is 0.314 e. The zero-order valence-corrected chi connectivity index (χ0v) is 12.0. The molecule has 18 heavy (non-hydrogen) atoms. The lowest BCUT2D eigenvalue weighted by Crippen LogP contribution is -2.46. The van der Waals surface area contributed by atoms with Crippen LogP contribution >= 0.6 is 11.3 Å². The van der Waals surface area contributed by atoms with Crippen molar-refractivity contribution in [1.29, 1.82) is 0 Å². The van der Waals surface area contributed by atoms with E-state index in [1.54, 1.807) is 11.3 Å². The standard InChI is InChI=1S/C15H23NOS/c1-16-15(8-3-2-4-9-15)11-14(17)6-5-13-7-10-18-12-13/h7,10,12,16H,2-6,8-9,11H2,1H3. The predicted octanol–water partition coefficient (Wildman–Crippen LogP) is 3.56. The summed E-state index contributed by atoms with van der Waals surface area (Å²) >= 11 is 1.71. The first-order valence-corrected chi connectivity index (χ1v) is 7.90. The summed E-state index contributed by atoms with van der Waals surface area (Å²) in [4.78, 5) is 12.1. The molecule has 1 aromatic rings. The molecule has 0 atom stereocenters. The van der Waals surface area contributed by atoms with E-state index in [0.29, 0.717) is 18.6 Å². The van der Waals surface area contributed by atoms with Gasteiger partial charge in [-0.15, -0.1) is 0 Å². The van der Waals surface area contributed by atoms with Gasteiger partial charge in [0.05, 0.1) is 0 Å². The Hall–Kier alpha value is -0.670. The number of carbonyl (C=O) groups excluding carboxylic acids is 1. The molecule has 0 saturated heterocycles. The van der Waals surface area contributed by atoms with Crippen LogP contribution in [0.4, 0.5) is 0 Å². The van der Waals surface area contributed by atoms with E-state index in [2.05, 4.69) is 22.1 Å². The van der Waals surface area contributed by atoms with Gasteiger partial charge in [-0.1, -0.05) is 19.3 Å². The molecule has 0 aromatic carbocycles. The van der Waals surface area contributed by atoms with E-state index in [9.17, 15) is 4.79 Å². The highest BCUT2D eigenvalue weighted by atomic mass is 32.1. The topological polar surface area (TPSA) is 29.1 Å². The fourth-order valence-electron chi connectivity index (χ4n) is 2.93. The summed E-state index contributed by atoms with van der Waals surface area (Å²) in [5.74, 6) is 0.414. The van der Waals surface area contributed by atoms with Crippen molar-refractivity contribution in [2.75, 3.05) is 7.05 Å². The van der Waals surface area contributed by atoms with Crippen LogP contribution in [0, 0.1) is 0 Å². The lowest BCUT2D eigenvalue weighted by atomic mass is 9.78. The zero-order valence-electron chi connectivity index (χ0n) is 11.2. The summed E-state index contributed by atoms with van der Waals surface area (Å²) in [5, 5.41) is 7.64. The first kappa shape index (κ1) is 13.8. The number of aryl methyl sites for hydroxylation is 1. The van der Waals surface area contributed by atoms with E-state index in [0.717, 1.165) is 19.3 Å². The van der Waals surface area contributed by atoms with Crippen LogP contribution in [0.1, 0.15) is 50.5 Å². The normalized spacial score (nSPS) is 18.7. The number of hydrogen-bond acceptors (Lipinski definition) is 3. The molecule has 3 heteroatoms. The highest BCUT2D eigenvalue weighted by Crippen LogP contribution is 2.31. The first-order chi connectivity index (χ1) is 8.74. The number of rotatable bonds is 6. The summed E-state index contributed by atoms with van der Waals surface area (Å²) in [6.45, 7) is 0. The lowest BCUT2D eigenvalue weighted by Gasteiger charge is -2.36. The molecule has 2 rings (SSSR count). The molecule has 1 heterocycles. The van der Waals surface area contributed by atoms with Crippen molar-refractivity contribution in [3.8, 4) is 0 Å². The van der Waals surface area contributed by atoms with E-state index < -0.39 is 0 Å². The molecule has 0 spiro atoms. The molecule has 0 amide bonds. The lowest BCUT2D eigenvalue weighted by molar-refractivity contribution is -0.120. The molecule has 0 unspecified atom stereocenters. The second kappa shape index (κ2) is 6.48. The number of ketones is 1. The van der Waals surface area contributed by atoms with Gasteiger partial charge in [-0.2, -0.15) is 11.3 Å². The maximum absolute atomic E-state index is 12.1. The summed E-state index contributed by atoms with van der Waals surface area (Å²) < 4.78 is 0. The summed E-state index contributed by atoms with van der Waals surface area (Å²) in [6, 6.07) is 2.12. The van der Waals surface area contributed by atoms with Gasteiger partial charge in [0.2, 0.25) is 0 Å². The molecule has 2 nitrogen and oxygen atoms in total. The Morgan fingerprint density at radius 3 is 2.78 bits per heavy atom. The maximum Gasteiger partial charge on any atom is 0.135 e. The Kier molecular flexibility index (Phi) is 4.95. The Labute approximate surface area is 114 Å². The molecule has 100 valence electrons. The average molecular weight is 265 g/mol. The molecule has 1 fully saturated rings. The number of thiophene rings is 1. The summed E-state index contributed by atoms with van der Waals surface area (Å²) in [5.41, 5.74) is 1.40. The third-order valence-corrected chi connectivity index (χ3v) is 4.88. The Bertz CT molecular complexity index is 366. The Morgan fingerprint density at radius 2 is 2.17 bits per heavy atom. The van der Waals surface area contributed by atoms with Crippen LogP contribution in [-0.4, -0.2) is 18.4 Å². The van der Waals surface area contributed by atoms with Crippen molar-refractivity contribution in [3.05, 3.63) is 22.4 Å². The minimum Gasteiger partial charge on any atom is -0.314 e. The van der Waals surface area contributed by atoms with Gasteiger partial charge in [-0.25, -0.2) is 0 Å². The number of hydrogen-bond donors (Lipinski definition) is 1. The van der Waals surface area contributed by atoms with Crippen LogP contribution in [0.2, 0.25) is 0 Å².